The zero-order valence-corrected chi connectivity index (χ0v) is 7.90. The second-order valence-electron chi connectivity index (χ2n) is 2.42. The number of aliphatic hydroxyl groups excluding tert-OH is 1. The highest BCUT2D eigenvalue weighted by Gasteiger charge is 1.97. The number of hydrogen-bond acceptors (Lipinski definition) is 3. The van der Waals surface area contributed by atoms with E-state index < -0.39 is 0 Å². The van der Waals surface area contributed by atoms with E-state index in [2.05, 4.69) is 5.32 Å². The van der Waals surface area contributed by atoms with Crippen molar-refractivity contribution in [3.05, 3.63) is 28.0 Å². The summed E-state index contributed by atoms with van der Waals surface area (Å²) in [6.45, 7) is 0.998. The zero-order valence-electron chi connectivity index (χ0n) is 7.08. The van der Waals surface area contributed by atoms with E-state index in [4.69, 9.17) is 5.11 Å². The smallest absolute Gasteiger partial charge is 0.0780 e. The SMILES string of the molecule is CNCC=Cc1ccsc1CO. The molecule has 0 saturated heterocycles. The standard InChI is InChI=1S/C9H13NOS/c1-10-5-2-3-8-4-6-12-9(8)7-11/h2-4,6,10-11H,5,7H2,1H3. The maximum absolute atomic E-state index is 8.92. The average molecular weight is 183 g/mol. The van der Waals surface area contributed by atoms with Crippen molar-refractivity contribution >= 4 is 17.4 Å². The quantitative estimate of drug-likeness (QED) is 0.741. The van der Waals surface area contributed by atoms with Crippen LogP contribution in [0.15, 0.2) is 17.5 Å². The molecular formula is C9H13NOS. The lowest BCUT2D eigenvalue weighted by Gasteiger charge is -1.92. The Kier molecular flexibility index (Phi) is 4.00. The second kappa shape index (κ2) is 5.09. The molecule has 0 aromatic carbocycles. The summed E-state index contributed by atoms with van der Waals surface area (Å²) >= 11 is 1.59. The first-order chi connectivity index (χ1) is 5.88. The van der Waals surface area contributed by atoms with Crippen molar-refractivity contribution in [2.45, 2.75) is 6.61 Å². The highest BCUT2D eigenvalue weighted by atomic mass is 32.1. The molecule has 0 bridgehead atoms. The maximum Gasteiger partial charge on any atom is 0.0780 e. The van der Waals surface area contributed by atoms with E-state index in [0.29, 0.717) is 0 Å². The second-order valence-corrected chi connectivity index (χ2v) is 3.42. The van der Waals surface area contributed by atoms with Gasteiger partial charge in [0.05, 0.1) is 6.61 Å². The van der Waals surface area contributed by atoms with Gasteiger partial charge >= 0.3 is 0 Å². The molecule has 1 heterocycles. The number of hydrogen-bond donors (Lipinski definition) is 2. The Morgan fingerprint density at radius 2 is 2.50 bits per heavy atom. The molecule has 3 heteroatoms. The van der Waals surface area contributed by atoms with Crippen LogP contribution in [0.1, 0.15) is 10.4 Å². The predicted octanol–water partition coefficient (Wildman–Crippen LogP) is 1.47. The van der Waals surface area contributed by atoms with Gasteiger partial charge in [-0.05, 0) is 24.1 Å². The Bertz CT molecular complexity index is 255. The number of rotatable bonds is 4. The van der Waals surface area contributed by atoms with E-state index in [1.807, 2.05) is 30.6 Å². The Hall–Kier alpha value is -0.640. The van der Waals surface area contributed by atoms with Gasteiger partial charge in [-0.15, -0.1) is 11.3 Å². The summed E-state index contributed by atoms with van der Waals surface area (Å²) in [5.41, 5.74) is 1.12. The van der Waals surface area contributed by atoms with E-state index in [1.165, 1.54) is 0 Å². The fourth-order valence-electron chi connectivity index (χ4n) is 0.931. The molecule has 0 atom stereocenters. The van der Waals surface area contributed by atoms with Crippen molar-refractivity contribution < 1.29 is 5.11 Å². The van der Waals surface area contributed by atoms with Crippen molar-refractivity contribution in [3.63, 3.8) is 0 Å². The molecule has 12 heavy (non-hydrogen) atoms. The summed E-state index contributed by atoms with van der Waals surface area (Å²) in [4.78, 5) is 1.03. The van der Waals surface area contributed by atoms with E-state index in [0.717, 1.165) is 17.0 Å². The van der Waals surface area contributed by atoms with E-state index in [9.17, 15) is 0 Å². The zero-order chi connectivity index (χ0) is 8.81. The van der Waals surface area contributed by atoms with Crippen LogP contribution in [0.25, 0.3) is 6.08 Å². The molecule has 0 aliphatic carbocycles. The summed E-state index contributed by atoms with van der Waals surface area (Å²) in [7, 11) is 1.91. The molecule has 0 aliphatic heterocycles. The Balaban J connectivity index is 2.61. The van der Waals surface area contributed by atoms with Crippen molar-refractivity contribution in [2.75, 3.05) is 13.6 Å². The minimum absolute atomic E-state index is 0.136. The highest BCUT2D eigenvalue weighted by Crippen LogP contribution is 2.17. The van der Waals surface area contributed by atoms with Crippen LogP contribution in [-0.4, -0.2) is 18.7 Å². The van der Waals surface area contributed by atoms with Gasteiger partial charge in [0, 0.05) is 11.4 Å². The molecule has 1 aromatic heterocycles. The number of likely N-dealkylation sites (N-methyl/N-ethyl adjacent to an activating group) is 1. The summed E-state index contributed by atoms with van der Waals surface area (Å²) in [5.74, 6) is 0. The third-order valence-corrected chi connectivity index (χ3v) is 2.46. The predicted molar refractivity (Wildman–Crippen MR) is 53.2 cm³/mol. The lowest BCUT2D eigenvalue weighted by Crippen LogP contribution is -2.03. The molecule has 2 nitrogen and oxygen atoms in total. The highest BCUT2D eigenvalue weighted by molar-refractivity contribution is 7.10. The van der Waals surface area contributed by atoms with Crippen LogP contribution in [-0.2, 0) is 6.61 Å². The summed E-state index contributed by atoms with van der Waals surface area (Å²) < 4.78 is 0. The Morgan fingerprint density at radius 3 is 3.17 bits per heavy atom. The minimum atomic E-state index is 0.136. The van der Waals surface area contributed by atoms with Crippen LogP contribution in [0.4, 0.5) is 0 Å². The Morgan fingerprint density at radius 1 is 1.67 bits per heavy atom. The molecule has 0 unspecified atom stereocenters. The fraction of sp³-hybridized carbons (Fsp3) is 0.333. The first-order valence-electron chi connectivity index (χ1n) is 3.87. The van der Waals surface area contributed by atoms with Gasteiger partial charge in [0.15, 0.2) is 0 Å². The van der Waals surface area contributed by atoms with E-state index in [1.54, 1.807) is 11.3 Å². The molecule has 1 rings (SSSR count). The van der Waals surface area contributed by atoms with Crippen LogP contribution in [0.2, 0.25) is 0 Å². The normalized spacial score (nSPS) is 11.2. The Labute approximate surface area is 76.6 Å². The lowest BCUT2D eigenvalue weighted by molar-refractivity contribution is 0.285. The molecule has 1 aromatic rings. The lowest BCUT2D eigenvalue weighted by atomic mass is 10.2. The first kappa shape index (κ1) is 9.45. The van der Waals surface area contributed by atoms with Gasteiger partial charge in [-0.2, -0.15) is 0 Å². The molecule has 0 spiro atoms. The molecule has 2 N–H and O–H groups in total. The monoisotopic (exact) mass is 183 g/mol. The van der Waals surface area contributed by atoms with Gasteiger partial charge in [0.25, 0.3) is 0 Å². The van der Waals surface area contributed by atoms with Gasteiger partial charge in [0.2, 0.25) is 0 Å². The molecule has 0 aliphatic rings. The van der Waals surface area contributed by atoms with Gasteiger partial charge in [-0.3, -0.25) is 0 Å². The number of nitrogens with one attached hydrogen (secondary N) is 1. The third kappa shape index (κ3) is 2.44. The molecule has 66 valence electrons. The van der Waals surface area contributed by atoms with Gasteiger partial charge in [-0.25, -0.2) is 0 Å². The summed E-state index contributed by atoms with van der Waals surface area (Å²) in [5, 5.41) is 13.9. The van der Waals surface area contributed by atoms with Gasteiger partial charge in [0.1, 0.15) is 0 Å². The van der Waals surface area contributed by atoms with Crippen molar-refractivity contribution in [2.24, 2.45) is 0 Å². The van der Waals surface area contributed by atoms with Crippen LogP contribution >= 0.6 is 11.3 Å². The molecule has 0 radical (unpaired) electrons. The summed E-state index contributed by atoms with van der Waals surface area (Å²) in [6, 6.07) is 2.02. The van der Waals surface area contributed by atoms with Crippen molar-refractivity contribution in [1.82, 2.24) is 5.32 Å². The third-order valence-electron chi connectivity index (χ3n) is 1.54. The van der Waals surface area contributed by atoms with Crippen LogP contribution < -0.4 is 5.32 Å². The van der Waals surface area contributed by atoms with Gasteiger partial charge < -0.3 is 10.4 Å². The molecular weight excluding hydrogens is 170 g/mol. The number of aliphatic hydroxyl groups is 1. The van der Waals surface area contributed by atoms with Crippen molar-refractivity contribution in [1.29, 1.82) is 0 Å². The van der Waals surface area contributed by atoms with E-state index in [-0.39, 0.29) is 6.61 Å². The minimum Gasteiger partial charge on any atom is -0.391 e. The summed E-state index contributed by atoms with van der Waals surface area (Å²) in [6.07, 6.45) is 4.07. The first-order valence-corrected chi connectivity index (χ1v) is 4.75. The van der Waals surface area contributed by atoms with Crippen LogP contribution in [0, 0.1) is 0 Å². The van der Waals surface area contributed by atoms with Crippen LogP contribution in [0.5, 0.6) is 0 Å². The van der Waals surface area contributed by atoms with Crippen molar-refractivity contribution in [3.8, 4) is 0 Å². The van der Waals surface area contributed by atoms with Crippen LogP contribution in [0.3, 0.4) is 0 Å². The van der Waals surface area contributed by atoms with E-state index >= 15 is 0 Å². The largest absolute Gasteiger partial charge is 0.391 e. The topological polar surface area (TPSA) is 32.3 Å². The average Bonchev–Trinajstić information content (AvgIpc) is 2.52. The molecule has 0 fully saturated rings. The fourth-order valence-corrected chi connectivity index (χ4v) is 1.66. The molecule has 0 saturated carbocycles. The number of thiophene rings is 1. The van der Waals surface area contributed by atoms with Gasteiger partial charge in [-0.1, -0.05) is 12.2 Å². The molecule has 0 amide bonds. The maximum atomic E-state index is 8.92.